The van der Waals surface area contributed by atoms with Gasteiger partial charge in [0, 0.05) is 23.6 Å². The van der Waals surface area contributed by atoms with E-state index in [2.05, 4.69) is 38.3 Å². The molecule has 4 heteroatoms. The van der Waals surface area contributed by atoms with Gasteiger partial charge in [0.25, 0.3) is 0 Å². The van der Waals surface area contributed by atoms with Crippen molar-refractivity contribution in [2.24, 2.45) is 5.92 Å². The van der Waals surface area contributed by atoms with Crippen molar-refractivity contribution in [1.82, 2.24) is 5.32 Å². The first-order valence-electron chi connectivity index (χ1n) is 8.17. The van der Waals surface area contributed by atoms with Gasteiger partial charge in [-0.25, -0.2) is 0 Å². The van der Waals surface area contributed by atoms with Crippen molar-refractivity contribution < 1.29 is 0 Å². The zero-order chi connectivity index (χ0) is 14.7. The van der Waals surface area contributed by atoms with Crippen LogP contribution < -0.4 is 10.2 Å². The molecule has 1 aromatic rings. The second-order valence-electron chi connectivity index (χ2n) is 6.35. The van der Waals surface area contributed by atoms with Crippen molar-refractivity contribution in [3.63, 3.8) is 0 Å². The third kappa shape index (κ3) is 3.94. The summed E-state index contributed by atoms with van der Waals surface area (Å²) in [6.45, 7) is 3.31. The highest BCUT2D eigenvalue weighted by atomic mass is 79.9. The summed E-state index contributed by atoms with van der Waals surface area (Å²) in [5, 5.41) is 4.64. The second kappa shape index (κ2) is 7.34. The van der Waals surface area contributed by atoms with Crippen LogP contribution in [0.3, 0.4) is 0 Å². The minimum Gasteiger partial charge on any atom is -0.369 e. The summed E-state index contributed by atoms with van der Waals surface area (Å²) in [4.78, 5) is 2.48. The average Bonchev–Trinajstić information content (AvgIpc) is 2.74. The minimum atomic E-state index is 0.618. The first-order valence-corrected chi connectivity index (χ1v) is 9.34. The van der Waals surface area contributed by atoms with Crippen LogP contribution in [-0.2, 0) is 0 Å². The molecule has 1 aromatic carbocycles. The first-order chi connectivity index (χ1) is 10.2. The van der Waals surface area contributed by atoms with Crippen LogP contribution in [-0.4, -0.2) is 25.7 Å². The lowest BCUT2D eigenvalue weighted by molar-refractivity contribution is 0.277. The van der Waals surface area contributed by atoms with Crippen LogP contribution in [0.2, 0.25) is 5.02 Å². The highest BCUT2D eigenvalue weighted by Gasteiger charge is 2.27. The van der Waals surface area contributed by atoms with Gasteiger partial charge in [-0.05, 0) is 49.9 Å². The van der Waals surface area contributed by atoms with Crippen LogP contribution in [0.15, 0.2) is 22.7 Å². The Labute approximate surface area is 141 Å². The molecule has 1 saturated heterocycles. The van der Waals surface area contributed by atoms with E-state index in [1.54, 1.807) is 0 Å². The molecular weight excluding hydrogens is 348 g/mol. The molecule has 1 aliphatic carbocycles. The molecule has 0 radical (unpaired) electrons. The Balaban J connectivity index is 1.75. The number of hydrogen-bond acceptors (Lipinski definition) is 2. The zero-order valence-corrected chi connectivity index (χ0v) is 14.8. The zero-order valence-electron chi connectivity index (χ0n) is 12.5. The van der Waals surface area contributed by atoms with Crippen molar-refractivity contribution in [3.05, 3.63) is 27.7 Å². The summed E-state index contributed by atoms with van der Waals surface area (Å²) in [6, 6.07) is 6.86. The second-order valence-corrected chi connectivity index (χ2v) is 7.68. The Morgan fingerprint density at radius 3 is 2.71 bits per heavy atom. The minimum absolute atomic E-state index is 0.618. The van der Waals surface area contributed by atoms with Gasteiger partial charge in [0.05, 0.1) is 10.7 Å². The Kier molecular flexibility index (Phi) is 5.47. The molecule has 1 aliphatic heterocycles. The quantitative estimate of drug-likeness (QED) is 0.799. The van der Waals surface area contributed by atoms with Crippen molar-refractivity contribution in [1.29, 1.82) is 0 Å². The Bertz CT molecular complexity index is 474. The number of nitrogens with one attached hydrogen (secondary N) is 1. The van der Waals surface area contributed by atoms with Crippen LogP contribution >= 0.6 is 27.5 Å². The number of rotatable bonds is 2. The molecule has 1 atom stereocenters. The van der Waals surface area contributed by atoms with Crippen molar-refractivity contribution in [2.45, 2.75) is 44.6 Å². The highest BCUT2D eigenvalue weighted by Crippen LogP contribution is 2.32. The molecule has 1 unspecified atom stereocenters. The topological polar surface area (TPSA) is 15.3 Å². The van der Waals surface area contributed by atoms with E-state index in [0.717, 1.165) is 35.0 Å². The largest absolute Gasteiger partial charge is 0.369 e. The maximum Gasteiger partial charge on any atom is 0.0650 e. The van der Waals surface area contributed by atoms with Gasteiger partial charge in [-0.2, -0.15) is 0 Å². The summed E-state index contributed by atoms with van der Waals surface area (Å²) in [5.74, 6) is 0.841. The van der Waals surface area contributed by atoms with E-state index in [0.29, 0.717) is 6.04 Å². The van der Waals surface area contributed by atoms with Crippen LogP contribution in [0.5, 0.6) is 0 Å². The first kappa shape index (κ1) is 15.6. The fourth-order valence-electron chi connectivity index (χ4n) is 3.76. The molecular formula is C17H24BrClN2. The van der Waals surface area contributed by atoms with Gasteiger partial charge in [-0.1, -0.05) is 46.8 Å². The summed E-state index contributed by atoms with van der Waals surface area (Å²) in [5.41, 5.74) is 1.18. The Hall–Kier alpha value is -0.250. The molecule has 0 bridgehead atoms. The molecule has 116 valence electrons. The summed E-state index contributed by atoms with van der Waals surface area (Å²) in [6.07, 6.45) is 8.20. The Morgan fingerprint density at radius 2 is 1.95 bits per heavy atom. The van der Waals surface area contributed by atoms with Gasteiger partial charge in [-0.3, -0.25) is 0 Å². The van der Waals surface area contributed by atoms with Gasteiger partial charge in [0.15, 0.2) is 0 Å². The van der Waals surface area contributed by atoms with Gasteiger partial charge in [-0.15, -0.1) is 0 Å². The highest BCUT2D eigenvalue weighted by molar-refractivity contribution is 9.10. The van der Waals surface area contributed by atoms with E-state index in [-0.39, 0.29) is 0 Å². The Morgan fingerprint density at radius 1 is 1.14 bits per heavy atom. The smallest absolute Gasteiger partial charge is 0.0650 e. The van der Waals surface area contributed by atoms with Crippen molar-refractivity contribution in [2.75, 3.05) is 24.5 Å². The molecule has 0 aromatic heterocycles. The summed E-state index contributed by atoms with van der Waals surface area (Å²) < 4.78 is 1.05. The van der Waals surface area contributed by atoms with Gasteiger partial charge in [0.2, 0.25) is 0 Å². The van der Waals surface area contributed by atoms with E-state index in [9.17, 15) is 0 Å². The number of benzene rings is 1. The van der Waals surface area contributed by atoms with E-state index >= 15 is 0 Å². The molecule has 21 heavy (non-hydrogen) atoms. The number of nitrogens with zero attached hydrogens (tertiary/aromatic N) is 1. The molecule has 1 saturated carbocycles. The number of hydrogen-bond donors (Lipinski definition) is 1. The lowest BCUT2D eigenvalue weighted by atomic mass is 9.83. The summed E-state index contributed by atoms with van der Waals surface area (Å²) >= 11 is 9.95. The lowest BCUT2D eigenvalue weighted by Crippen LogP contribution is -2.43. The van der Waals surface area contributed by atoms with Gasteiger partial charge >= 0.3 is 0 Å². The molecule has 1 heterocycles. The SMILES string of the molecule is Clc1cc(Br)ccc1N1CCCNC(C2CCCCC2)C1. The normalized spacial score (nSPS) is 24.9. The predicted octanol–water partition coefficient (Wildman–Crippen LogP) is 4.85. The molecule has 1 N–H and O–H groups in total. The third-order valence-electron chi connectivity index (χ3n) is 4.90. The predicted molar refractivity (Wildman–Crippen MR) is 94.3 cm³/mol. The van der Waals surface area contributed by atoms with Crippen molar-refractivity contribution >= 4 is 33.2 Å². The molecule has 3 rings (SSSR count). The lowest BCUT2D eigenvalue weighted by Gasteiger charge is -2.34. The fraction of sp³-hybridized carbons (Fsp3) is 0.647. The monoisotopic (exact) mass is 370 g/mol. The third-order valence-corrected chi connectivity index (χ3v) is 5.69. The number of halogens is 2. The fourth-order valence-corrected chi connectivity index (χ4v) is 4.55. The van der Waals surface area contributed by atoms with Crippen molar-refractivity contribution in [3.8, 4) is 0 Å². The van der Waals surface area contributed by atoms with Gasteiger partial charge in [0.1, 0.15) is 0 Å². The standard InChI is InChI=1S/C17H24BrClN2/c18-14-7-8-17(15(19)11-14)21-10-4-9-20-16(12-21)13-5-2-1-3-6-13/h7-8,11,13,16,20H,1-6,9-10,12H2. The van der Waals surface area contributed by atoms with Crippen LogP contribution in [0.1, 0.15) is 38.5 Å². The van der Waals surface area contributed by atoms with E-state index in [1.807, 2.05) is 6.07 Å². The van der Waals surface area contributed by atoms with E-state index < -0.39 is 0 Å². The summed E-state index contributed by atoms with van der Waals surface area (Å²) in [7, 11) is 0. The molecule has 2 aliphatic rings. The van der Waals surface area contributed by atoms with E-state index in [1.165, 1.54) is 44.2 Å². The molecule has 2 nitrogen and oxygen atoms in total. The maximum atomic E-state index is 6.46. The average molecular weight is 372 g/mol. The molecule has 0 amide bonds. The van der Waals surface area contributed by atoms with Crippen LogP contribution in [0.25, 0.3) is 0 Å². The molecule has 2 fully saturated rings. The van der Waals surface area contributed by atoms with Crippen LogP contribution in [0.4, 0.5) is 5.69 Å². The maximum absolute atomic E-state index is 6.46. The van der Waals surface area contributed by atoms with Gasteiger partial charge < -0.3 is 10.2 Å². The van der Waals surface area contributed by atoms with Crippen LogP contribution in [0, 0.1) is 5.92 Å². The number of anilines is 1. The van der Waals surface area contributed by atoms with E-state index in [4.69, 9.17) is 11.6 Å². The molecule has 0 spiro atoms.